The van der Waals surface area contributed by atoms with Gasteiger partial charge in [-0.05, 0) is 43.3 Å². The summed E-state index contributed by atoms with van der Waals surface area (Å²) >= 11 is 0. The van der Waals surface area contributed by atoms with E-state index in [4.69, 9.17) is 9.15 Å². The van der Waals surface area contributed by atoms with Crippen LogP contribution in [0.2, 0.25) is 0 Å². The van der Waals surface area contributed by atoms with Gasteiger partial charge in [0.25, 0.3) is 5.56 Å². The van der Waals surface area contributed by atoms with Gasteiger partial charge in [0.15, 0.2) is 0 Å². The molecule has 0 bridgehead atoms. The number of furan rings is 1. The van der Waals surface area contributed by atoms with Gasteiger partial charge in [-0.3, -0.25) is 9.78 Å². The lowest BCUT2D eigenvalue weighted by Gasteiger charge is -2.06. The van der Waals surface area contributed by atoms with Crippen molar-refractivity contribution in [2.45, 2.75) is 13.3 Å². The number of hydrogen-bond acceptors (Lipinski definition) is 7. The number of carbonyl (C=O) groups is 1. The van der Waals surface area contributed by atoms with E-state index in [1.165, 1.54) is 6.26 Å². The van der Waals surface area contributed by atoms with Gasteiger partial charge >= 0.3 is 5.97 Å². The Labute approximate surface area is 142 Å². The van der Waals surface area contributed by atoms with Gasteiger partial charge in [0, 0.05) is 5.69 Å². The molecular weight excluding hydrogens is 324 g/mol. The van der Waals surface area contributed by atoms with Gasteiger partial charge < -0.3 is 14.5 Å². The van der Waals surface area contributed by atoms with E-state index in [9.17, 15) is 9.59 Å². The van der Waals surface area contributed by atoms with Crippen LogP contribution in [0.25, 0.3) is 0 Å². The average molecular weight is 340 g/mol. The summed E-state index contributed by atoms with van der Waals surface area (Å²) in [7, 11) is 0. The van der Waals surface area contributed by atoms with Crippen LogP contribution in [0.5, 0.6) is 0 Å². The molecule has 0 aliphatic carbocycles. The van der Waals surface area contributed by atoms with Gasteiger partial charge in [-0.25, -0.2) is 4.79 Å². The summed E-state index contributed by atoms with van der Waals surface area (Å²) < 4.78 is 10.1. The largest absolute Gasteiger partial charge is 0.469 e. The van der Waals surface area contributed by atoms with E-state index in [0.29, 0.717) is 23.6 Å². The number of aromatic nitrogens is 3. The lowest BCUT2D eigenvalue weighted by atomic mass is 10.2. The van der Waals surface area contributed by atoms with Crippen LogP contribution in [0, 0.1) is 0 Å². The van der Waals surface area contributed by atoms with Crippen molar-refractivity contribution in [3.05, 3.63) is 70.0 Å². The SMILES string of the molecule is CCOC(=O)c1ccc(Nc2nnc(Cc3ccco3)c(=O)[nH]2)cc1. The minimum Gasteiger partial charge on any atom is -0.469 e. The molecule has 0 aliphatic heterocycles. The quantitative estimate of drug-likeness (QED) is 0.662. The third kappa shape index (κ3) is 4.11. The number of H-pyrrole nitrogens is 1. The number of anilines is 2. The van der Waals surface area contributed by atoms with Crippen molar-refractivity contribution in [2.75, 3.05) is 11.9 Å². The molecular formula is C17H16N4O4. The molecule has 0 unspecified atom stereocenters. The molecule has 3 aromatic rings. The van der Waals surface area contributed by atoms with Gasteiger partial charge in [0.05, 0.1) is 24.9 Å². The normalized spacial score (nSPS) is 10.4. The second-order valence-electron chi connectivity index (χ2n) is 5.13. The average Bonchev–Trinajstić information content (AvgIpc) is 3.11. The van der Waals surface area contributed by atoms with E-state index >= 15 is 0 Å². The maximum absolute atomic E-state index is 12.1. The minimum atomic E-state index is -0.385. The molecule has 128 valence electrons. The molecule has 25 heavy (non-hydrogen) atoms. The van der Waals surface area contributed by atoms with E-state index < -0.39 is 0 Å². The van der Waals surface area contributed by atoms with Crippen LogP contribution in [-0.4, -0.2) is 27.8 Å². The Balaban J connectivity index is 1.69. The molecule has 0 amide bonds. The topological polar surface area (TPSA) is 110 Å². The summed E-state index contributed by atoms with van der Waals surface area (Å²) in [6.07, 6.45) is 1.80. The number of carbonyl (C=O) groups excluding carboxylic acids is 1. The fourth-order valence-corrected chi connectivity index (χ4v) is 2.15. The Morgan fingerprint density at radius 1 is 1.24 bits per heavy atom. The van der Waals surface area contributed by atoms with Gasteiger partial charge in [-0.15, -0.1) is 10.2 Å². The van der Waals surface area contributed by atoms with Crippen molar-refractivity contribution in [1.82, 2.24) is 15.2 Å². The van der Waals surface area contributed by atoms with Gasteiger partial charge in [-0.1, -0.05) is 0 Å². The van der Waals surface area contributed by atoms with Crippen molar-refractivity contribution in [1.29, 1.82) is 0 Å². The highest BCUT2D eigenvalue weighted by Crippen LogP contribution is 2.14. The summed E-state index contributed by atoms with van der Waals surface area (Å²) in [6, 6.07) is 10.1. The lowest BCUT2D eigenvalue weighted by Crippen LogP contribution is -2.18. The molecule has 1 aromatic carbocycles. The van der Waals surface area contributed by atoms with Crippen molar-refractivity contribution >= 4 is 17.6 Å². The highest BCUT2D eigenvalue weighted by atomic mass is 16.5. The molecule has 8 nitrogen and oxygen atoms in total. The number of nitrogens with one attached hydrogen (secondary N) is 2. The second kappa shape index (κ2) is 7.43. The number of nitrogens with zero attached hydrogens (tertiary/aromatic N) is 2. The van der Waals surface area contributed by atoms with Crippen LogP contribution in [-0.2, 0) is 11.2 Å². The molecule has 0 saturated carbocycles. The van der Waals surface area contributed by atoms with Crippen LogP contribution < -0.4 is 10.9 Å². The Morgan fingerprint density at radius 3 is 2.68 bits per heavy atom. The summed E-state index contributed by atoms with van der Waals surface area (Å²) in [5.74, 6) is 0.455. The van der Waals surface area contributed by atoms with E-state index in [2.05, 4.69) is 20.5 Å². The first-order chi connectivity index (χ1) is 12.2. The maximum Gasteiger partial charge on any atom is 0.338 e. The first-order valence-electron chi connectivity index (χ1n) is 7.68. The molecule has 2 N–H and O–H groups in total. The Bertz CT molecular complexity index is 901. The first kappa shape index (κ1) is 16.4. The first-order valence-corrected chi connectivity index (χ1v) is 7.68. The molecule has 0 spiro atoms. The van der Waals surface area contributed by atoms with Crippen LogP contribution >= 0.6 is 0 Å². The van der Waals surface area contributed by atoms with Crippen LogP contribution in [0.4, 0.5) is 11.6 Å². The molecule has 3 rings (SSSR count). The number of benzene rings is 1. The predicted octanol–water partition coefficient (Wildman–Crippen LogP) is 2.27. The summed E-state index contributed by atoms with van der Waals surface area (Å²) in [5, 5.41) is 10.8. The van der Waals surface area contributed by atoms with Crippen molar-refractivity contribution in [2.24, 2.45) is 0 Å². The van der Waals surface area contributed by atoms with Crippen LogP contribution in [0.1, 0.15) is 28.7 Å². The number of ether oxygens (including phenoxy) is 1. The van der Waals surface area contributed by atoms with Crippen molar-refractivity contribution in [3.63, 3.8) is 0 Å². The zero-order valence-electron chi connectivity index (χ0n) is 13.5. The van der Waals surface area contributed by atoms with Gasteiger partial charge in [0.1, 0.15) is 11.5 Å². The van der Waals surface area contributed by atoms with E-state index in [1.54, 1.807) is 43.3 Å². The van der Waals surface area contributed by atoms with E-state index in [-0.39, 0.29) is 29.6 Å². The third-order valence-corrected chi connectivity index (χ3v) is 3.35. The van der Waals surface area contributed by atoms with E-state index in [0.717, 1.165) is 0 Å². The summed E-state index contributed by atoms with van der Waals surface area (Å²) in [6.45, 7) is 2.07. The second-order valence-corrected chi connectivity index (χ2v) is 5.13. The predicted molar refractivity (Wildman–Crippen MR) is 89.8 cm³/mol. The van der Waals surface area contributed by atoms with Crippen molar-refractivity contribution in [3.8, 4) is 0 Å². The Kier molecular flexibility index (Phi) is 4.89. The Hall–Kier alpha value is -3.42. The zero-order chi connectivity index (χ0) is 17.6. The molecule has 2 heterocycles. The summed E-state index contributed by atoms with van der Waals surface area (Å²) in [4.78, 5) is 26.3. The number of aromatic amines is 1. The zero-order valence-corrected chi connectivity index (χ0v) is 13.5. The fourth-order valence-electron chi connectivity index (χ4n) is 2.15. The Morgan fingerprint density at radius 2 is 2.04 bits per heavy atom. The highest BCUT2D eigenvalue weighted by Gasteiger charge is 2.09. The van der Waals surface area contributed by atoms with E-state index in [1.807, 2.05) is 0 Å². The summed E-state index contributed by atoms with van der Waals surface area (Å²) in [5.41, 5.74) is 1.01. The highest BCUT2D eigenvalue weighted by molar-refractivity contribution is 5.89. The number of hydrogen-bond donors (Lipinski definition) is 2. The number of rotatable bonds is 6. The van der Waals surface area contributed by atoms with Crippen molar-refractivity contribution < 1.29 is 13.9 Å². The lowest BCUT2D eigenvalue weighted by molar-refractivity contribution is 0.0526. The maximum atomic E-state index is 12.1. The standard InChI is InChI=1S/C17H16N4O4/c1-2-24-16(23)11-5-7-12(8-6-11)18-17-19-15(22)14(20-21-17)10-13-4-3-9-25-13/h3-9H,2,10H2,1H3,(H2,18,19,21,22). The van der Waals surface area contributed by atoms with Gasteiger partial charge in [0.2, 0.25) is 5.95 Å². The van der Waals surface area contributed by atoms with Crippen LogP contribution in [0.3, 0.4) is 0 Å². The van der Waals surface area contributed by atoms with Gasteiger partial charge in [-0.2, -0.15) is 0 Å². The van der Waals surface area contributed by atoms with Crippen LogP contribution in [0.15, 0.2) is 51.9 Å². The molecule has 0 aliphatic rings. The fraction of sp³-hybridized carbons (Fsp3) is 0.176. The minimum absolute atomic E-state index is 0.206. The molecule has 2 aromatic heterocycles. The third-order valence-electron chi connectivity index (χ3n) is 3.35. The molecule has 0 saturated heterocycles. The molecule has 0 radical (unpaired) electrons. The molecule has 8 heteroatoms. The number of esters is 1. The monoisotopic (exact) mass is 340 g/mol. The molecule has 0 atom stereocenters. The molecule has 0 fully saturated rings. The smallest absolute Gasteiger partial charge is 0.338 e.